The van der Waals surface area contributed by atoms with Crippen LogP contribution in [0, 0.1) is 6.92 Å². The van der Waals surface area contributed by atoms with Crippen LogP contribution < -0.4 is 10.9 Å². The first-order valence-electron chi connectivity index (χ1n) is 7.87. The van der Waals surface area contributed by atoms with Crippen LogP contribution in [0.4, 0.5) is 0 Å². The molecule has 0 bridgehead atoms. The number of rotatable bonds is 6. The third-order valence-corrected chi connectivity index (χ3v) is 3.79. The molecule has 1 amide bonds. The Kier molecular flexibility index (Phi) is 4.95. The fourth-order valence-electron chi connectivity index (χ4n) is 2.63. The fraction of sp³-hybridized carbons (Fsp3) is 0.278. The van der Waals surface area contributed by atoms with Gasteiger partial charge in [0.15, 0.2) is 0 Å². The van der Waals surface area contributed by atoms with Crippen LogP contribution in [-0.2, 0) is 29.1 Å². The number of carbonyl (C=O) groups is 1. The maximum Gasteiger partial charge on any atom is 0.336 e. The van der Waals surface area contributed by atoms with Crippen LogP contribution in [0.25, 0.3) is 11.0 Å². The number of carbonyl (C=O) groups excluding carboxylic acids is 1. The number of benzene rings is 1. The number of hydrogen-bond donors (Lipinski definition) is 2. The quantitative estimate of drug-likeness (QED) is 0.667. The van der Waals surface area contributed by atoms with Gasteiger partial charge in [0.25, 0.3) is 0 Å². The minimum absolute atomic E-state index is 0.101. The Labute approximate surface area is 144 Å². The average Bonchev–Trinajstić information content (AvgIpc) is 3.00. The maximum atomic E-state index is 12.2. The zero-order valence-electron chi connectivity index (χ0n) is 14.1. The van der Waals surface area contributed by atoms with E-state index < -0.39 is 5.63 Å². The van der Waals surface area contributed by atoms with Gasteiger partial charge in [-0.15, -0.1) is 0 Å². The lowest BCUT2D eigenvalue weighted by molar-refractivity contribution is -0.120. The third kappa shape index (κ3) is 4.13. The molecule has 0 saturated carbocycles. The van der Waals surface area contributed by atoms with E-state index in [1.807, 2.05) is 25.1 Å². The van der Waals surface area contributed by atoms with Crippen LogP contribution in [0.2, 0.25) is 0 Å². The monoisotopic (exact) mass is 341 g/mol. The van der Waals surface area contributed by atoms with E-state index in [1.165, 1.54) is 6.07 Å². The number of nitrogens with zero attached hydrogens (tertiary/aromatic N) is 1. The number of amides is 1. The molecule has 3 rings (SSSR count). The van der Waals surface area contributed by atoms with Gasteiger partial charge < -0.3 is 14.5 Å². The summed E-state index contributed by atoms with van der Waals surface area (Å²) < 4.78 is 10.2. The molecule has 0 fully saturated rings. The van der Waals surface area contributed by atoms with Crippen molar-refractivity contribution in [3.8, 4) is 0 Å². The molecule has 0 saturated heterocycles. The first-order chi connectivity index (χ1) is 12.0. The van der Waals surface area contributed by atoms with Gasteiger partial charge in [-0.2, -0.15) is 5.10 Å². The van der Waals surface area contributed by atoms with Gasteiger partial charge in [-0.1, -0.05) is 12.1 Å². The molecule has 0 aliphatic heterocycles. The molecule has 0 radical (unpaired) electrons. The highest BCUT2D eigenvalue weighted by Crippen LogP contribution is 2.19. The van der Waals surface area contributed by atoms with Crippen molar-refractivity contribution >= 4 is 16.9 Å². The number of hydrogen-bond acceptors (Lipinski definition) is 5. The minimum Gasteiger partial charge on any atom is -0.423 e. The van der Waals surface area contributed by atoms with Crippen molar-refractivity contribution in [2.75, 3.05) is 7.11 Å². The van der Waals surface area contributed by atoms with Crippen molar-refractivity contribution in [1.82, 2.24) is 15.5 Å². The molecule has 0 aliphatic carbocycles. The second kappa shape index (κ2) is 7.31. The number of aromatic nitrogens is 2. The topological polar surface area (TPSA) is 97.2 Å². The molecular weight excluding hydrogens is 322 g/mol. The lowest BCUT2D eigenvalue weighted by Crippen LogP contribution is -2.25. The zero-order chi connectivity index (χ0) is 17.8. The molecule has 3 aromatic rings. The zero-order valence-corrected chi connectivity index (χ0v) is 14.1. The van der Waals surface area contributed by atoms with Crippen molar-refractivity contribution in [1.29, 1.82) is 0 Å². The van der Waals surface area contributed by atoms with Crippen LogP contribution in [0.15, 0.2) is 39.5 Å². The van der Waals surface area contributed by atoms with Crippen molar-refractivity contribution in [3.05, 3.63) is 63.3 Å². The summed E-state index contributed by atoms with van der Waals surface area (Å²) in [5.41, 5.74) is 3.23. The molecule has 2 aromatic heterocycles. The van der Waals surface area contributed by atoms with E-state index in [-0.39, 0.29) is 12.3 Å². The first-order valence-corrected chi connectivity index (χ1v) is 7.87. The van der Waals surface area contributed by atoms with Gasteiger partial charge in [0.05, 0.1) is 31.0 Å². The van der Waals surface area contributed by atoms with Gasteiger partial charge in [-0.3, -0.25) is 9.89 Å². The second-order valence-corrected chi connectivity index (χ2v) is 5.86. The van der Waals surface area contributed by atoms with E-state index in [1.54, 1.807) is 13.2 Å². The molecule has 2 heterocycles. The van der Waals surface area contributed by atoms with Crippen LogP contribution >= 0.6 is 0 Å². The number of aryl methyl sites for hydroxylation is 1. The summed E-state index contributed by atoms with van der Waals surface area (Å²) in [5, 5.41) is 10.5. The van der Waals surface area contributed by atoms with E-state index in [2.05, 4.69) is 15.5 Å². The maximum absolute atomic E-state index is 12.2. The molecule has 7 nitrogen and oxygen atoms in total. The standard InChI is InChI=1S/C18H19N3O4/c1-11-3-4-15-12(7-18(23)25-16(15)5-11)6-17(22)19-9-13-8-14(10-24-2)21-20-13/h3-5,7-8H,6,9-10H2,1-2H3,(H,19,22)(H,20,21). The second-order valence-electron chi connectivity index (χ2n) is 5.86. The first kappa shape index (κ1) is 16.9. The third-order valence-electron chi connectivity index (χ3n) is 3.79. The molecule has 7 heteroatoms. The van der Waals surface area contributed by atoms with Crippen molar-refractivity contribution in [2.24, 2.45) is 0 Å². The van der Waals surface area contributed by atoms with Gasteiger partial charge in [0.2, 0.25) is 5.91 Å². The number of fused-ring (bicyclic) bond motifs is 1. The molecule has 25 heavy (non-hydrogen) atoms. The van der Waals surface area contributed by atoms with Crippen molar-refractivity contribution < 1.29 is 13.9 Å². The Morgan fingerprint density at radius 2 is 2.16 bits per heavy atom. The van der Waals surface area contributed by atoms with Gasteiger partial charge in [-0.05, 0) is 30.2 Å². The molecule has 0 spiro atoms. The number of nitrogens with one attached hydrogen (secondary N) is 2. The predicted octanol–water partition coefficient (Wildman–Crippen LogP) is 1.83. The van der Waals surface area contributed by atoms with Crippen LogP contribution in [-0.4, -0.2) is 23.2 Å². The highest BCUT2D eigenvalue weighted by Gasteiger charge is 2.11. The summed E-state index contributed by atoms with van der Waals surface area (Å²) in [6, 6.07) is 8.77. The average molecular weight is 341 g/mol. The van der Waals surface area contributed by atoms with Crippen molar-refractivity contribution in [3.63, 3.8) is 0 Å². The molecule has 130 valence electrons. The van der Waals surface area contributed by atoms with Crippen LogP contribution in [0.3, 0.4) is 0 Å². The predicted molar refractivity (Wildman–Crippen MR) is 92.1 cm³/mol. The molecule has 1 aromatic carbocycles. The van der Waals surface area contributed by atoms with Crippen LogP contribution in [0.5, 0.6) is 0 Å². The Hall–Kier alpha value is -2.93. The number of ether oxygens (including phenoxy) is 1. The molecule has 0 unspecified atom stereocenters. The molecule has 0 atom stereocenters. The number of methoxy groups -OCH3 is 1. The Bertz CT molecular complexity index is 958. The molecule has 2 N–H and O–H groups in total. The lowest BCUT2D eigenvalue weighted by Gasteiger charge is -2.07. The van der Waals surface area contributed by atoms with E-state index in [0.29, 0.717) is 24.3 Å². The van der Waals surface area contributed by atoms with Gasteiger partial charge >= 0.3 is 5.63 Å². The highest BCUT2D eigenvalue weighted by molar-refractivity contribution is 5.87. The van der Waals surface area contributed by atoms with E-state index in [4.69, 9.17) is 9.15 Å². The van der Waals surface area contributed by atoms with Gasteiger partial charge in [0, 0.05) is 18.6 Å². The minimum atomic E-state index is -0.460. The Morgan fingerprint density at radius 1 is 1.32 bits per heavy atom. The normalized spacial score (nSPS) is 11.0. The SMILES string of the molecule is COCc1cc(CNC(=O)Cc2cc(=O)oc3cc(C)ccc23)[nH]n1. The van der Waals surface area contributed by atoms with Crippen LogP contribution in [0.1, 0.15) is 22.5 Å². The van der Waals surface area contributed by atoms with Gasteiger partial charge in [0.1, 0.15) is 5.58 Å². The molecule has 0 aliphatic rings. The Balaban J connectivity index is 1.70. The van der Waals surface area contributed by atoms with E-state index in [0.717, 1.165) is 22.3 Å². The van der Waals surface area contributed by atoms with E-state index in [9.17, 15) is 9.59 Å². The largest absolute Gasteiger partial charge is 0.423 e. The summed E-state index contributed by atoms with van der Waals surface area (Å²) in [7, 11) is 1.60. The smallest absolute Gasteiger partial charge is 0.336 e. The number of H-pyrrole nitrogens is 1. The summed E-state index contributed by atoms with van der Waals surface area (Å²) in [4.78, 5) is 24.0. The van der Waals surface area contributed by atoms with Gasteiger partial charge in [-0.25, -0.2) is 4.79 Å². The highest BCUT2D eigenvalue weighted by atomic mass is 16.5. The summed E-state index contributed by atoms with van der Waals surface area (Å²) in [6.07, 6.45) is 0.101. The van der Waals surface area contributed by atoms with E-state index >= 15 is 0 Å². The summed E-state index contributed by atoms with van der Waals surface area (Å²) in [5.74, 6) is -0.185. The Morgan fingerprint density at radius 3 is 2.96 bits per heavy atom. The van der Waals surface area contributed by atoms with Crippen molar-refractivity contribution in [2.45, 2.75) is 26.5 Å². The fourth-order valence-corrected chi connectivity index (χ4v) is 2.63. The molecular formula is C18H19N3O4. The summed E-state index contributed by atoms with van der Waals surface area (Å²) >= 11 is 0. The lowest BCUT2D eigenvalue weighted by atomic mass is 10.1. The summed E-state index contributed by atoms with van der Waals surface area (Å²) in [6.45, 7) is 2.66. The number of aromatic amines is 1.